The Morgan fingerprint density at radius 3 is 1.87 bits per heavy atom. The van der Waals surface area contributed by atoms with Gasteiger partial charge in [0.2, 0.25) is 5.69 Å². The van der Waals surface area contributed by atoms with Crippen LogP contribution in [0, 0.1) is 0 Å². The Bertz CT molecular complexity index is 2300. The average Bonchev–Trinajstić information content (AvgIpc) is 3.45. The molecule has 0 saturated heterocycles. The van der Waals surface area contributed by atoms with Crippen LogP contribution < -0.4 is 5.32 Å². The number of rotatable bonds is 16. The van der Waals surface area contributed by atoms with E-state index in [0.29, 0.717) is 101 Å². The van der Waals surface area contributed by atoms with Gasteiger partial charge in [0, 0.05) is 64.9 Å². The standard InChI is InChI=1S/C38H44N2O11S3/c1-37(2)27-20-23(54(49,50)51)15-17-29(27)40(18-10-6-9-13-32(43)44)30(37)21-25-34(45)33(35(25)52)24(11-7-5-8-12-31(41)42)36-38(3,4)26-19-22(53(46,47)48)14-16-28(26)39-36/h14-17,19-21H,5-13,18H2,1-4H3,(H5,41,42,43,44,45,46,47,48,49,50,51,52). The van der Waals surface area contributed by atoms with Crippen molar-refractivity contribution in [2.75, 3.05) is 11.9 Å². The highest BCUT2D eigenvalue weighted by molar-refractivity contribution is 7.86. The quantitative estimate of drug-likeness (QED) is 0.0421. The lowest BCUT2D eigenvalue weighted by atomic mass is 9.74. The van der Waals surface area contributed by atoms with Gasteiger partial charge in [0.25, 0.3) is 20.2 Å². The number of benzene rings is 2. The first kappa shape index (κ1) is 41.0. The van der Waals surface area contributed by atoms with Gasteiger partial charge >= 0.3 is 11.9 Å². The molecule has 54 heavy (non-hydrogen) atoms. The topological polar surface area (TPSA) is 215 Å². The molecule has 2 aromatic carbocycles. The smallest absolute Gasteiger partial charge is 0.303 e. The largest absolute Gasteiger partial charge is 0.778 e. The van der Waals surface area contributed by atoms with Gasteiger partial charge in [0.1, 0.15) is 6.54 Å². The highest BCUT2D eigenvalue weighted by Crippen LogP contribution is 2.50. The lowest BCUT2D eigenvalue weighted by molar-refractivity contribution is -0.438. The van der Waals surface area contributed by atoms with Crippen LogP contribution in [0.15, 0.2) is 79.6 Å². The fourth-order valence-corrected chi connectivity index (χ4v) is 8.89. The molecule has 2 heterocycles. The van der Waals surface area contributed by atoms with Gasteiger partial charge in [0.05, 0.1) is 15.2 Å². The van der Waals surface area contributed by atoms with Crippen molar-refractivity contribution in [1.82, 2.24) is 0 Å². The molecule has 16 heteroatoms. The van der Waals surface area contributed by atoms with Gasteiger partial charge in [-0.15, -0.1) is 0 Å². The number of Topliss-reactive ketones (excluding diaryl/α,β-unsaturated/α-hetero) is 1. The molecule has 2 aromatic rings. The van der Waals surface area contributed by atoms with Crippen LogP contribution in [0.2, 0.25) is 0 Å². The van der Waals surface area contributed by atoms with Gasteiger partial charge in [-0.1, -0.05) is 20.3 Å². The third-order valence-electron chi connectivity index (χ3n) is 10.4. The van der Waals surface area contributed by atoms with Crippen molar-refractivity contribution in [3.8, 4) is 0 Å². The summed E-state index contributed by atoms with van der Waals surface area (Å²) in [6.07, 6.45) is 5.34. The molecule has 3 aliphatic rings. The number of carboxylic acids is 2. The van der Waals surface area contributed by atoms with Crippen LogP contribution in [-0.2, 0) is 58.1 Å². The van der Waals surface area contributed by atoms with Crippen LogP contribution in [0.1, 0.15) is 96.6 Å². The summed E-state index contributed by atoms with van der Waals surface area (Å²) in [6, 6.07) is 8.56. The first-order chi connectivity index (χ1) is 25.1. The molecule has 0 amide bonds. The van der Waals surface area contributed by atoms with Crippen molar-refractivity contribution in [3.05, 3.63) is 80.9 Å². The molecule has 0 aromatic heterocycles. The van der Waals surface area contributed by atoms with E-state index in [2.05, 4.69) is 5.32 Å². The zero-order chi connectivity index (χ0) is 40.0. The van der Waals surface area contributed by atoms with E-state index in [1.54, 1.807) is 18.2 Å². The number of unbranched alkanes of at least 4 members (excludes halogenated alkanes) is 4. The molecule has 0 unspecified atom stereocenters. The Morgan fingerprint density at radius 1 is 0.778 bits per heavy atom. The monoisotopic (exact) mass is 800 g/mol. The van der Waals surface area contributed by atoms with E-state index in [1.807, 2.05) is 32.3 Å². The molecule has 0 spiro atoms. The lowest BCUT2D eigenvalue weighted by Crippen LogP contribution is -2.32. The Morgan fingerprint density at radius 2 is 1.31 bits per heavy atom. The summed E-state index contributed by atoms with van der Waals surface area (Å²) in [7, 11) is -9.01. The fourth-order valence-electron chi connectivity index (χ4n) is 7.51. The molecule has 5 rings (SSSR count). The molecule has 13 nitrogen and oxygen atoms in total. The molecule has 1 aliphatic carbocycles. The minimum absolute atomic E-state index is 0.00112. The molecule has 5 N–H and O–H groups in total. The SMILES string of the molecule is CC1(C)C(=C(CCCCCC(=O)O)C2=C([S-])C(=CC3=[N+](CCCCCC(=O)O)c4ccc(S(=O)(=O)O)cc4C3(C)C)C2=O)Nc2ccc(S(=O)(=O)O)cc21. The Balaban J connectivity index is 1.60. The van der Waals surface area contributed by atoms with Crippen molar-refractivity contribution in [1.29, 1.82) is 0 Å². The highest BCUT2D eigenvalue weighted by atomic mass is 32.2. The fraction of sp³-hybridized carbons (Fsp3) is 0.421. The molecule has 0 bridgehead atoms. The highest BCUT2D eigenvalue weighted by Gasteiger charge is 2.47. The van der Waals surface area contributed by atoms with E-state index in [4.69, 9.17) is 22.8 Å². The Labute approximate surface area is 320 Å². The number of carbonyl (C=O) groups is 3. The summed E-state index contributed by atoms with van der Waals surface area (Å²) < 4.78 is 69.7. The number of nitrogens with one attached hydrogen (secondary N) is 1. The van der Waals surface area contributed by atoms with Crippen molar-refractivity contribution in [3.63, 3.8) is 0 Å². The minimum Gasteiger partial charge on any atom is -0.778 e. The normalized spacial score (nSPS) is 19.1. The number of carboxylic acid groups (broad SMARTS) is 2. The van der Waals surface area contributed by atoms with Gasteiger partial charge in [-0.3, -0.25) is 23.5 Å². The minimum atomic E-state index is -4.52. The van der Waals surface area contributed by atoms with Crippen molar-refractivity contribution in [2.24, 2.45) is 0 Å². The zero-order valence-corrected chi connectivity index (χ0v) is 32.9. The molecule has 2 aliphatic heterocycles. The van der Waals surface area contributed by atoms with E-state index in [1.165, 1.54) is 24.3 Å². The van der Waals surface area contributed by atoms with Crippen LogP contribution in [0.3, 0.4) is 0 Å². The maximum Gasteiger partial charge on any atom is 0.303 e. The number of fused-ring (bicyclic) bond motifs is 2. The number of allylic oxidation sites excluding steroid dienone is 5. The van der Waals surface area contributed by atoms with Gasteiger partial charge in [-0.25, -0.2) is 0 Å². The lowest BCUT2D eigenvalue weighted by Gasteiger charge is -2.36. The van der Waals surface area contributed by atoms with Crippen LogP contribution >= 0.6 is 0 Å². The first-order valence-electron chi connectivity index (χ1n) is 17.6. The predicted octanol–water partition coefficient (Wildman–Crippen LogP) is 6.20. The van der Waals surface area contributed by atoms with Crippen LogP contribution in [0.4, 0.5) is 11.4 Å². The van der Waals surface area contributed by atoms with Crippen molar-refractivity contribution < 1.29 is 55.1 Å². The van der Waals surface area contributed by atoms with E-state index < -0.39 is 43.0 Å². The first-order valence-corrected chi connectivity index (χ1v) is 20.9. The zero-order valence-electron chi connectivity index (χ0n) is 30.4. The molecule has 0 atom stereocenters. The van der Waals surface area contributed by atoms with E-state index in [9.17, 15) is 40.3 Å². The average molecular weight is 801 g/mol. The Kier molecular flexibility index (Phi) is 11.5. The predicted molar refractivity (Wildman–Crippen MR) is 203 cm³/mol. The second-order valence-electron chi connectivity index (χ2n) is 14.9. The maximum atomic E-state index is 14.3. The summed E-state index contributed by atoms with van der Waals surface area (Å²) in [5, 5.41) is 21.6. The number of anilines is 1. The van der Waals surface area contributed by atoms with E-state index >= 15 is 0 Å². The third kappa shape index (κ3) is 8.08. The van der Waals surface area contributed by atoms with Crippen molar-refractivity contribution >= 4 is 67.7 Å². The molecular weight excluding hydrogens is 757 g/mol. The van der Waals surface area contributed by atoms with Crippen LogP contribution in [0.25, 0.3) is 0 Å². The Hall–Kier alpha value is -4.22. The van der Waals surface area contributed by atoms with Gasteiger partial charge < -0.3 is 28.2 Å². The second-order valence-corrected chi connectivity index (χ2v) is 18.1. The number of hydrogen-bond donors (Lipinski definition) is 5. The number of hydrogen-bond acceptors (Lipinski definition) is 9. The summed E-state index contributed by atoms with van der Waals surface area (Å²) in [5.74, 6) is -2.12. The molecule has 290 valence electrons. The summed E-state index contributed by atoms with van der Waals surface area (Å²) in [4.78, 5) is 36.3. The number of nitrogens with zero attached hydrogens (tertiary/aromatic N) is 1. The van der Waals surface area contributed by atoms with Gasteiger partial charge in [0.15, 0.2) is 11.5 Å². The second kappa shape index (κ2) is 15.1. The van der Waals surface area contributed by atoms with E-state index in [0.717, 1.165) is 0 Å². The molecule has 0 saturated carbocycles. The van der Waals surface area contributed by atoms with E-state index in [-0.39, 0.29) is 34.0 Å². The van der Waals surface area contributed by atoms with Crippen molar-refractivity contribution in [2.45, 2.75) is 106 Å². The number of aliphatic carboxylic acids is 2. The number of carbonyl (C=O) groups excluding carboxylic acids is 1. The summed E-state index contributed by atoms with van der Waals surface area (Å²) in [6.45, 7) is 7.92. The van der Waals surface area contributed by atoms with Crippen LogP contribution in [-0.4, -0.2) is 70.7 Å². The summed E-state index contributed by atoms with van der Waals surface area (Å²) in [5.41, 5.74) is 3.31. The molecule has 0 fully saturated rings. The van der Waals surface area contributed by atoms with Crippen LogP contribution in [0.5, 0.6) is 0 Å². The molecule has 0 radical (unpaired) electrons. The van der Waals surface area contributed by atoms with Gasteiger partial charge in [-0.2, -0.15) is 26.3 Å². The molecular formula is C38H44N2O11S3. The third-order valence-corrected chi connectivity index (χ3v) is 12.5. The van der Waals surface area contributed by atoms with Gasteiger partial charge in [-0.05, 0) is 87.4 Å². The maximum absolute atomic E-state index is 14.3. The number of ketones is 1. The summed E-state index contributed by atoms with van der Waals surface area (Å²) >= 11 is 5.95.